The van der Waals surface area contributed by atoms with Crippen LogP contribution in [0.15, 0.2) is 23.2 Å². The molecule has 1 aliphatic heterocycles. The first kappa shape index (κ1) is 12.0. The molecule has 7 heteroatoms. The van der Waals surface area contributed by atoms with Crippen molar-refractivity contribution in [1.82, 2.24) is 15.5 Å². The fourth-order valence-corrected chi connectivity index (χ4v) is 1.91. The Kier molecular flexibility index (Phi) is 3.40. The lowest BCUT2D eigenvalue weighted by Crippen LogP contribution is -2.26. The van der Waals surface area contributed by atoms with Crippen LogP contribution in [0.25, 0.3) is 10.9 Å². The maximum absolute atomic E-state index is 6.04. The predicted octanol–water partition coefficient (Wildman–Crippen LogP) is 2.01. The van der Waals surface area contributed by atoms with Crippen molar-refractivity contribution in [2.24, 2.45) is 4.99 Å². The number of anilines is 1. The highest BCUT2D eigenvalue weighted by molar-refractivity contribution is 6.35. The average molecular weight is 272 g/mol. The van der Waals surface area contributed by atoms with Gasteiger partial charge in [0.15, 0.2) is 11.8 Å². The van der Waals surface area contributed by atoms with E-state index in [9.17, 15) is 0 Å². The lowest BCUT2D eigenvalue weighted by atomic mass is 10.2. The summed E-state index contributed by atoms with van der Waals surface area (Å²) in [7, 11) is 0. The van der Waals surface area contributed by atoms with E-state index >= 15 is 0 Å². The average Bonchev–Trinajstić information content (AvgIpc) is 2.90. The van der Waals surface area contributed by atoms with Crippen molar-refractivity contribution in [3.05, 3.63) is 23.2 Å². The molecule has 2 aromatic rings. The minimum atomic E-state index is 0. The van der Waals surface area contributed by atoms with Crippen LogP contribution in [0, 0.1) is 0 Å². The normalized spacial score (nSPS) is 14.1. The Morgan fingerprint density at radius 3 is 3.00 bits per heavy atom. The van der Waals surface area contributed by atoms with Crippen molar-refractivity contribution in [2.45, 2.75) is 0 Å². The molecule has 3 N–H and O–H groups in total. The zero-order valence-corrected chi connectivity index (χ0v) is 10.4. The summed E-state index contributed by atoms with van der Waals surface area (Å²) in [5.74, 6) is 1.50. The lowest BCUT2D eigenvalue weighted by molar-refractivity contribution is 0.958. The largest absolute Gasteiger partial charge is 0.354 e. The number of aliphatic imine (C=N–C) groups is 1. The van der Waals surface area contributed by atoms with Crippen LogP contribution in [0.5, 0.6) is 0 Å². The molecule has 1 aromatic heterocycles. The van der Waals surface area contributed by atoms with Crippen molar-refractivity contribution < 1.29 is 0 Å². The van der Waals surface area contributed by atoms with Gasteiger partial charge in [0.1, 0.15) is 0 Å². The molecule has 0 saturated heterocycles. The Labute approximate surface area is 109 Å². The molecule has 17 heavy (non-hydrogen) atoms. The topological polar surface area (TPSA) is 65.1 Å². The first-order chi connectivity index (χ1) is 7.84. The van der Waals surface area contributed by atoms with Gasteiger partial charge in [-0.05, 0) is 12.1 Å². The molecule has 1 aliphatic rings. The summed E-state index contributed by atoms with van der Waals surface area (Å²) in [6.07, 6.45) is 0. The highest BCUT2D eigenvalue weighted by Crippen LogP contribution is 2.26. The van der Waals surface area contributed by atoms with E-state index in [1.54, 1.807) is 0 Å². The number of rotatable bonds is 1. The number of guanidine groups is 1. The summed E-state index contributed by atoms with van der Waals surface area (Å²) in [5, 5.41) is 15.0. The second kappa shape index (κ2) is 4.81. The molecule has 1 aromatic carbocycles. The van der Waals surface area contributed by atoms with Gasteiger partial charge in [0.05, 0.1) is 17.1 Å². The van der Waals surface area contributed by atoms with Crippen LogP contribution in [0.2, 0.25) is 5.02 Å². The Morgan fingerprint density at radius 2 is 2.24 bits per heavy atom. The third-order valence-electron chi connectivity index (χ3n) is 2.46. The van der Waals surface area contributed by atoms with Crippen molar-refractivity contribution in [2.75, 3.05) is 18.4 Å². The zero-order valence-electron chi connectivity index (χ0n) is 8.83. The van der Waals surface area contributed by atoms with E-state index < -0.39 is 0 Å². The molecule has 0 spiro atoms. The molecule has 0 radical (unpaired) electrons. The number of H-pyrrole nitrogens is 1. The SMILES string of the molecule is Cl.Clc1cccc2c(NC3=NCCN3)n[nH]c12. The molecule has 0 bridgehead atoms. The van der Waals surface area contributed by atoms with E-state index in [1.807, 2.05) is 18.2 Å². The minimum Gasteiger partial charge on any atom is -0.354 e. The number of hydrogen-bond acceptors (Lipinski definition) is 4. The Hall–Kier alpha value is -1.46. The van der Waals surface area contributed by atoms with Crippen LogP contribution in [-0.4, -0.2) is 29.2 Å². The number of aromatic amines is 1. The molecule has 5 nitrogen and oxygen atoms in total. The summed E-state index contributed by atoms with van der Waals surface area (Å²) in [6.45, 7) is 1.66. The van der Waals surface area contributed by atoms with E-state index in [0.29, 0.717) is 5.02 Å². The fourth-order valence-electron chi connectivity index (χ4n) is 1.70. The number of fused-ring (bicyclic) bond motifs is 1. The van der Waals surface area contributed by atoms with Gasteiger partial charge in [0.25, 0.3) is 0 Å². The third kappa shape index (κ3) is 2.16. The highest BCUT2D eigenvalue weighted by Gasteiger charge is 2.11. The van der Waals surface area contributed by atoms with Gasteiger partial charge in [-0.15, -0.1) is 12.4 Å². The van der Waals surface area contributed by atoms with Gasteiger partial charge in [0, 0.05) is 11.9 Å². The Morgan fingerprint density at radius 1 is 1.35 bits per heavy atom. The van der Waals surface area contributed by atoms with E-state index in [2.05, 4.69) is 25.8 Å². The fraction of sp³-hybridized carbons (Fsp3) is 0.200. The maximum atomic E-state index is 6.04. The van der Waals surface area contributed by atoms with Gasteiger partial charge in [0.2, 0.25) is 0 Å². The Bertz CT molecular complexity index is 563. The summed E-state index contributed by atoms with van der Waals surface area (Å²) >= 11 is 6.04. The smallest absolute Gasteiger partial charge is 0.197 e. The van der Waals surface area contributed by atoms with Crippen LogP contribution < -0.4 is 10.6 Å². The predicted molar refractivity (Wildman–Crippen MR) is 72.3 cm³/mol. The first-order valence-corrected chi connectivity index (χ1v) is 5.40. The van der Waals surface area contributed by atoms with E-state index in [4.69, 9.17) is 11.6 Å². The van der Waals surface area contributed by atoms with E-state index in [0.717, 1.165) is 35.8 Å². The maximum Gasteiger partial charge on any atom is 0.197 e. The number of benzene rings is 1. The molecule has 3 rings (SSSR count). The molecule has 0 amide bonds. The van der Waals surface area contributed by atoms with Crippen LogP contribution in [-0.2, 0) is 0 Å². The Balaban J connectivity index is 0.00000108. The van der Waals surface area contributed by atoms with Crippen molar-refractivity contribution in [3.63, 3.8) is 0 Å². The molecule has 0 fully saturated rings. The van der Waals surface area contributed by atoms with Crippen LogP contribution in [0.3, 0.4) is 0 Å². The van der Waals surface area contributed by atoms with Gasteiger partial charge in [-0.25, -0.2) is 0 Å². The second-order valence-electron chi connectivity index (χ2n) is 3.52. The van der Waals surface area contributed by atoms with Gasteiger partial charge in [-0.3, -0.25) is 10.1 Å². The van der Waals surface area contributed by atoms with Crippen molar-refractivity contribution in [3.8, 4) is 0 Å². The summed E-state index contributed by atoms with van der Waals surface area (Å²) in [5.41, 5.74) is 0.838. The number of para-hydroxylation sites is 1. The summed E-state index contributed by atoms with van der Waals surface area (Å²) < 4.78 is 0. The summed E-state index contributed by atoms with van der Waals surface area (Å²) in [6, 6.07) is 5.69. The highest BCUT2D eigenvalue weighted by atomic mass is 35.5. The first-order valence-electron chi connectivity index (χ1n) is 5.02. The molecule has 0 saturated carbocycles. The van der Waals surface area contributed by atoms with E-state index in [-0.39, 0.29) is 12.4 Å². The standard InChI is InChI=1S/C10H10ClN5.ClH/c11-7-3-1-2-6-8(7)15-16-9(6)14-10-12-4-5-13-10;/h1-3H,4-5H2,(H3,12,13,14,15,16);1H. The molecule has 90 valence electrons. The van der Waals surface area contributed by atoms with E-state index in [1.165, 1.54) is 0 Å². The van der Waals surface area contributed by atoms with Crippen LogP contribution in [0.4, 0.5) is 5.82 Å². The monoisotopic (exact) mass is 271 g/mol. The van der Waals surface area contributed by atoms with Gasteiger partial charge in [-0.2, -0.15) is 5.10 Å². The number of nitrogens with one attached hydrogen (secondary N) is 3. The van der Waals surface area contributed by atoms with Crippen molar-refractivity contribution in [1.29, 1.82) is 0 Å². The van der Waals surface area contributed by atoms with Crippen LogP contribution in [0.1, 0.15) is 0 Å². The number of aromatic nitrogens is 2. The van der Waals surface area contributed by atoms with Gasteiger partial charge < -0.3 is 10.6 Å². The number of nitrogens with zero attached hydrogens (tertiary/aromatic N) is 2. The molecular weight excluding hydrogens is 261 g/mol. The summed E-state index contributed by atoms with van der Waals surface area (Å²) in [4.78, 5) is 4.25. The van der Waals surface area contributed by atoms with Crippen LogP contribution >= 0.6 is 24.0 Å². The molecular formula is C10H11Cl2N5. The quantitative estimate of drug-likeness (QED) is 0.744. The molecule has 0 atom stereocenters. The zero-order chi connectivity index (χ0) is 11.0. The molecule has 2 heterocycles. The van der Waals surface area contributed by atoms with Gasteiger partial charge in [-0.1, -0.05) is 17.7 Å². The molecule has 0 aliphatic carbocycles. The minimum absolute atomic E-state index is 0. The molecule has 0 unspecified atom stereocenters. The third-order valence-corrected chi connectivity index (χ3v) is 2.77. The number of hydrogen-bond donors (Lipinski definition) is 3. The lowest BCUT2D eigenvalue weighted by Gasteiger charge is -2.02. The van der Waals surface area contributed by atoms with Crippen molar-refractivity contribution >= 4 is 46.7 Å². The second-order valence-corrected chi connectivity index (χ2v) is 3.92. The number of halogens is 2. The van der Waals surface area contributed by atoms with Gasteiger partial charge >= 0.3 is 0 Å².